The number of para-hydroxylation sites is 1. The van der Waals surface area contributed by atoms with Crippen molar-refractivity contribution in [1.82, 2.24) is 5.32 Å². The van der Waals surface area contributed by atoms with E-state index in [1.807, 2.05) is 49.5 Å². The molecule has 0 spiro atoms. The number of hydrogen-bond donors (Lipinski definition) is 2. The van der Waals surface area contributed by atoms with Gasteiger partial charge in [-0.2, -0.15) is 0 Å². The van der Waals surface area contributed by atoms with Crippen molar-refractivity contribution in [3.63, 3.8) is 0 Å². The lowest BCUT2D eigenvalue weighted by Gasteiger charge is -2.10. The molecule has 0 radical (unpaired) electrons. The third-order valence-electron chi connectivity index (χ3n) is 2.79. The fraction of sp³-hybridized carbons (Fsp3) is 0.188. The Kier molecular flexibility index (Phi) is 5.60. The van der Waals surface area contributed by atoms with E-state index in [0.717, 1.165) is 17.8 Å². The first kappa shape index (κ1) is 15.4. The Balaban J connectivity index is 1.89. The van der Waals surface area contributed by atoms with Crippen molar-refractivity contribution < 1.29 is 9.53 Å². The third-order valence-corrected chi connectivity index (χ3v) is 3.09. The average Bonchev–Trinajstić information content (AvgIpc) is 2.48. The van der Waals surface area contributed by atoms with Crippen LogP contribution in [0.5, 0.6) is 5.75 Å². The maximum Gasteiger partial charge on any atom is 0.262 e. The second-order valence-corrected chi connectivity index (χ2v) is 4.91. The van der Waals surface area contributed by atoms with Crippen molar-refractivity contribution in [1.29, 1.82) is 0 Å². The fourth-order valence-electron chi connectivity index (χ4n) is 1.84. The van der Waals surface area contributed by atoms with Crippen LogP contribution in [0.3, 0.4) is 0 Å². The number of carbonyl (C=O) groups excluding carboxylic acids is 1. The molecule has 2 rings (SSSR count). The lowest BCUT2D eigenvalue weighted by atomic mass is 10.2. The molecule has 1 amide bonds. The van der Waals surface area contributed by atoms with Crippen LogP contribution in [-0.4, -0.2) is 19.6 Å². The van der Waals surface area contributed by atoms with Gasteiger partial charge in [-0.3, -0.25) is 4.79 Å². The molecular formula is C16H17ClN2O2. The van der Waals surface area contributed by atoms with E-state index in [9.17, 15) is 4.79 Å². The Morgan fingerprint density at radius 1 is 1.19 bits per heavy atom. The predicted molar refractivity (Wildman–Crippen MR) is 84.8 cm³/mol. The minimum Gasteiger partial charge on any atom is -0.482 e. The van der Waals surface area contributed by atoms with Gasteiger partial charge in [-0.1, -0.05) is 35.9 Å². The topological polar surface area (TPSA) is 50.4 Å². The number of nitrogens with one attached hydrogen (secondary N) is 2. The predicted octanol–water partition coefficient (Wildman–Crippen LogP) is 3.08. The number of carbonyl (C=O) groups is 1. The molecule has 0 unspecified atom stereocenters. The quantitative estimate of drug-likeness (QED) is 0.862. The lowest BCUT2D eigenvalue weighted by molar-refractivity contribution is -0.118. The Hall–Kier alpha value is -2.04. The number of ether oxygens (including phenoxy) is 1. The maximum atomic E-state index is 11.8. The number of rotatable bonds is 6. The summed E-state index contributed by atoms with van der Waals surface area (Å²) in [5.74, 6) is 0.274. The molecule has 110 valence electrons. The number of halogens is 1. The maximum absolute atomic E-state index is 11.8. The minimum absolute atomic E-state index is 0.0833. The first-order valence-electron chi connectivity index (χ1n) is 6.60. The molecule has 2 aromatic rings. The van der Waals surface area contributed by atoms with Gasteiger partial charge in [-0.05, 0) is 36.9 Å². The Labute approximate surface area is 129 Å². The van der Waals surface area contributed by atoms with Gasteiger partial charge < -0.3 is 15.4 Å². The SMILES string of the molecule is CNCc1ccc(OCC(=O)Nc2ccccc2)c(Cl)c1. The van der Waals surface area contributed by atoms with Gasteiger partial charge in [-0.25, -0.2) is 0 Å². The lowest BCUT2D eigenvalue weighted by Crippen LogP contribution is -2.20. The molecule has 21 heavy (non-hydrogen) atoms. The van der Waals surface area contributed by atoms with E-state index >= 15 is 0 Å². The van der Waals surface area contributed by atoms with Gasteiger partial charge in [0, 0.05) is 12.2 Å². The monoisotopic (exact) mass is 304 g/mol. The number of anilines is 1. The normalized spacial score (nSPS) is 10.2. The fourth-order valence-corrected chi connectivity index (χ4v) is 2.10. The van der Waals surface area contributed by atoms with Crippen LogP contribution in [0.15, 0.2) is 48.5 Å². The average molecular weight is 305 g/mol. The highest BCUT2D eigenvalue weighted by Gasteiger charge is 2.07. The molecule has 4 nitrogen and oxygen atoms in total. The minimum atomic E-state index is -0.225. The second kappa shape index (κ2) is 7.67. The van der Waals surface area contributed by atoms with Crippen LogP contribution in [0, 0.1) is 0 Å². The molecular weight excluding hydrogens is 288 g/mol. The van der Waals surface area contributed by atoms with Gasteiger partial charge in [0.25, 0.3) is 5.91 Å². The smallest absolute Gasteiger partial charge is 0.262 e. The number of hydrogen-bond acceptors (Lipinski definition) is 3. The van der Waals surface area contributed by atoms with Crippen molar-refractivity contribution in [3.05, 3.63) is 59.1 Å². The Morgan fingerprint density at radius 2 is 1.95 bits per heavy atom. The van der Waals surface area contributed by atoms with Crippen LogP contribution in [0.1, 0.15) is 5.56 Å². The van der Waals surface area contributed by atoms with Crippen LogP contribution < -0.4 is 15.4 Å². The van der Waals surface area contributed by atoms with Crippen molar-refractivity contribution in [3.8, 4) is 5.75 Å². The highest BCUT2D eigenvalue weighted by atomic mass is 35.5. The summed E-state index contributed by atoms with van der Waals surface area (Å²) in [6, 6.07) is 14.7. The first-order valence-corrected chi connectivity index (χ1v) is 6.97. The molecule has 5 heteroatoms. The molecule has 0 atom stereocenters. The van der Waals surface area contributed by atoms with E-state index in [1.165, 1.54) is 0 Å². The van der Waals surface area contributed by atoms with Crippen molar-refractivity contribution in [2.75, 3.05) is 19.0 Å². The molecule has 0 bridgehead atoms. The van der Waals surface area contributed by atoms with Gasteiger partial charge >= 0.3 is 0 Å². The van der Waals surface area contributed by atoms with Crippen LogP contribution in [0.25, 0.3) is 0 Å². The highest BCUT2D eigenvalue weighted by Crippen LogP contribution is 2.25. The van der Waals surface area contributed by atoms with Crippen molar-refractivity contribution >= 4 is 23.2 Å². The van der Waals surface area contributed by atoms with E-state index in [2.05, 4.69) is 10.6 Å². The molecule has 0 saturated carbocycles. The molecule has 0 aliphatic heterocycles. The van der Waals surface area contributed by atoms with Gasteiger partial charge in [-0.15, -0.1) is 0 Å². The molecule has 0 heterocycles. The summed E-state index contributed by atoms with van der Waals surface area (Å²) in [6.07, 6.45) is 0. The third kappa shape index (κ3) is 4.77. The van der Waals surface area contributed by atoms with Gasteiger partial charge in [0.1, 0.15) is 5.75 Å². The molecule has 0 saturated heterocycles. The van der Waals surface area contributed by atoms with Gasteiger partial charge in [0.15, 0.2) is 6.61 Å². The number of amides is 1. The van der Waals surface area contributed by atoms with E-state index in [4.69, 9.17) is 16.3 Å². The summed E-state index contributed by atoms with van der Waals surface area (Å²) in [5, 5.41) is 6.29. The molecule has 2 N–H and O–H groups in total. The number of benzene rings is 2. The van der Waals surface area contributed by atoms with E-state index in [-0.39, 0.29) is 12.5 Å². The summed E-state index contributed by atoms with van der Waals surface area (Å²) in [5.41, 5.74) is 1.80. The zero-order valence-corrected chi connectivity index (χ0v) is 12.5. The molecule has 0 fully saturated rings. The standard InChI is InChI=1S/C16H17ClN2O2/c1-18-10-12-7-8-15(14(17)9-12)21-11-16(20)19-13-5-3-2-4-6-13/h2-9,18H,10-11H2,1H3,(H,19,20). The van der Waals surface area contributed by atoms with Crippen molar-refractivity contribution in [2.24, 2.45) is 0 Å². The van der Waals surface area contributed by atoms with E-state index in [0.29, 0.717) is 10.8 Å². The zero-order valence-electron chi connectivity index (χ0n) is 11.7. The van der Waals surface area contributed by atoms with Crippen LogP contribution in [-0.2, 0) is 11.3 Å². The largest absolute Gasteiger partial charge is 0.482 e. The summed E-state index contributed by atoms with van der Waals surface area (Å²) in [4.78, 5) is 11.8. The van der Waals surface area contributed by atoms with Gasteiger partial charge in [0.2, 0.25) is 0 Å². The van der Waals surface area contributed by atoms with E-state index in [1.54, 1.807) is 6.07 Å². The molecule has 2 aromatic carbocycles. The second-order valence-electron chi connectivity index (χ2n) is 4.50. The molecule has 0 aromatic heterocycles. The summed E-state index contributed by atoms with van der Waals surface area (Å²) in [6.45, 7) is 0.647. The zero-order chi connectivity index (χ0) is 15.1. The van der Waals surface area contributed by atoms with Crippen LogP contribution >= 0.6 is 11.6 Å². The van der Waals surface area contributed by atoms with Crippen LogP contribution in [0.4, 0.5) is 5.69 Å². The molecule has 0 aliphatic rings. The highest BCUT2D eigenvalue weighted by molar-refractivity contribution is 6.32. The summed E-state index contributed by atoms with van der Waals surface area (Å²) >= 11 is 6.12. The summed E-state index contributed by atoms with van der Waals surface area (Å²) < 4.78 is 5.44. The first-order chi connectivity index (χ1) is 10.2. The Morgan fingerprint density at radius 3 is 2.62 bits per heavy atom. The van der Waals surface area contributed by atoms with Crippen molar-refractivity contribution in [2.45, 2.75) is 6.54 Å². The van der Waals surface area contributed by atoms with Crippen LogP contribution in [0.2, 0.25) is 5.02 Å². The Bertz CT molecular complexity index is 602. The van der Waals surface area contributed by atoms with E-state index < -0.39 is 0 Å². The molecule has 0 aliphatic carbocycles. The summed E-state index contributed by atoms with van der Waals surface area (Å²) in [7, 11) is 1.87. The van der Waals surface area contributed by atoms with Gasteiger partial charge in [0.05, 0.1) is 5.02 Å².